The lowest BCUT2D eigenvalue weighted by Gasteiger charge is -2.17. The Morgan fingerprint density at radius 3 is 3.00 bits per heavy atom. The maximum Gasteiger partial charge on any atom is 0.254 e. The summed E-state index contributed by atoms with van der Waals surface area (Å²) in [6.45, 7) is 3.64. The van der Waals surface area contributed by atoms with Crippen LogP contribution in [0.25, 0.3) is 0 Å². The van der Waals surface area contributed by atoms with Crippen LogP contribution < -0.4 is 0 Å². The monoisotopic (exact) mass is 267 g/mol. The van der Waals surface area contributed by atoms with Crippen LogP contribution in [0.2, 0.25) is 5.02 Å². The number of benzene rings is 1. The van der Waals surface area contributed by atoms with Crippen molar-refractivity contribution in [3.8, 4) is 0 Å². The average Bonchev–Trinajstić information content (AvgIpc) is 2.77. The number of likely N-dealkylation sites (tertiary alicyclic amines) is 1. The lowest BCUT2D eigenvalue weighted by Crippen LogP contribution is -2.29. The second kappa shape index (κ2) is 5.72. The number of rotatable bonds is 3. The number of aliphatic hydroxyl groups is 1. The summed E-state index contributed by atoms with van der Waals surface area (Å²) in [6, 6.07) is 5.36. The number of carbonyl (C=O) groups is 1. The first-order valence-electron chi connectivity index (χ1n) is 6.28. The van der Waals surface area contributed by atoms with Crippen molar-refractivity contribution >= 4 is 17.5 Å². The van der Waals surface area contributed by atoms with Crippen molar-refractivity contribution in [2.24, 2.45) is 5.92 Å². The van der Waals surface area contributed by atoms with E-state index in [2.05, 4.69) is 0 Å². The summed E-state index contributed by atoms with van der Waals surface area (Å²) in [5.41, 5.74) is 1.64. The molecule has 4 heteroatoms. The molecule has 1 unspecified atom stereocenters. The number of aliphatic hydroxyl groups excluding tert-OH is 1. The van der Waals surface area contributed by atoms with Crippen LogP contribution in [0.15, 0.2) is 18.2 Å². The molecule has 1 N–H and O–H groups in total. The highest BCUT2D eigenvalue weighted by molar-refractivity contribution is 6.30. The van der Waals surface area contributed by atoms with Gasteiger partial charge in [0.25, 0.3) is 5.91 Å². The quantitative estimate of drug-likeness (QED) is 0.914. The molecule has 3 nitrogen and oxygen atoms in total. The summed E-state index contributed by atoms with van der Waals surface area (Å²) >= 11 is 5.89. The first-order valence-corrected chi connectivity index (χ1v) is 6.66. The number of amides is 1. The predicted octanol–water partition coefficient (Wildman–Crippen LogP) is 2.49. The van der Waals surface area contributed by atoms with Gasteiger partial charge in [-0.15, -0.1) is 0 Å². The maximum absolute atomic E-state index is 12.3. The Morgan fingerprint density at radius 2 is 2.33 bits per heavy atom. The van der Waals surface area contributed by atoms with Crippen LogP contribution in [0.4, 0.5) is 0 Å². The highest BCUT2D eigenvalue weighted by Gasteiger charge is 2.27. The van der Waals surface area contributed by atoms with Crippen LogP contribution in [0.1, 0.15) is 28.8 Å². The largest absolute Gasteiger partial charge is 0.396 e. The molecule has 1 aromatic rings. The third kappa shape index (κ3) is 2.85. The first-order chi connectivity index (χ1) is 8.61. The van der Waals surface area contributed by atoms with Gasteiger partial charge in [-0.25, -0.2) is 0 Å². The molecule has 0 aromatic heterocycles. The second-order valence-corrected chi connectivity index (χ2v) is 5.31. The predicted molar refractivity (Wildman–Crippen MR) is 71.9 cm³/mol. The molecule has 1 amide bonds. The van der Waals surface area contributed by atoms with Gasteiger partial charge in [-0.1, -0.05) is 11.6 Å². The van der Waals surface area contributed by atoms with E-state index in [1.54, 1.807) is 12.1 Å². The number of nitrogens with zero attached hydrogens (tertiary/aromatic N) is 1. The molecule has 2 rings (SSSR count). The maximum atomic E-state index is 12.3. The number of aryl methyl sites for hydroxylation is 1. The van der Waals surface area contributed by atoms with Gasteiger partial charge in [0.2, 0.25) is 0 Å². The molecule has 1 aliphatic rings. The minimum Gasteiger partial charge on any atom is -0.396 e. The van der Waals surface area contributed by atoms with Gasteiger partial charge >= 0.3 is 0 Å². The van der Waals surface area contributed by atoms with Crippen LogP contribution in [-0.2, 0) is 0 Å². The van der Waals surface area contributed by atoms with Gasteiger partial charge in [0.1, 0.15) is 0 Å². The third-order valence-corrected chi connectivity index (χ3v) is 3.76. The van der Waals surface area contributed by atoms with Gasteiger partial charge in [-0.05, 0) is 49.4 Å². The molecule has 0 aliphatic carbocycles. The normalized spacial score (nSPS) is 19.3. The van der Waals surface area contributed by atoms with E-state index in [0.717, 1.165) is 37.1 Å². The zero-order chi connectivity index (χ0) is 13.1. The van der Waals surface area contributed by atoms with Crippen molar-refractivity contribution in [1.82, 2.24) is 4.90 Å². The molecule has 18 heavy (non-hydrogen) atoms. The van der Waals surface area contributed by atoms with E-state index in [1.807, 2.05) is 17.9 Å². The van der Waals surface area contributed by atoms with E-state index in [0.29, 0.717) is 10.9 Å². The van der Waals surface area contributed by atoms with Crippen molar-refractivity contribution in [2.75, 3.05) is 19.7 Å². The van der Waals surface area contributed by atoms with Gasteiger partial charge in [-0.2, -0.15) is 0 Å². The first kappa shape index (κ1) is 13.4. The Balaban J connectivity index is 2.08. The lowest BCUT2D eigenvalue weighted by molar-refractivity contribution is 0.0784. The molecule has 1 aliphatic heterocycles. The van der Waals surface area contributed by atoms with Crippen molar-refractivity contribution in [1.29, 1.82) is 0 Å². The van der Waals surface area contributed by atoms with Gasteiger partial charge in [0.05, 0.1) is 0 Å². The molecule has 0 spiro atoms. The van der Waals surface area contributed by atoms with E-state index in [-0.39, 0.29) is 12.5 Å². The molecule has 0 bridgehead atoms. The summed E-state index contributed by atoms with van der Waals surface area (Å²) < 4.78 is 0. The van der Waals surface area contributed by atoms with E-state index in [9.17, 15) is 4.79 Å². The Bertz CT molecular complexity index is 447. The molecule has 1 aromatic carbocycles. The van der Waals surface area contributed by atoms with Crippen molar-refractivity contribution in [3.05, 3.63) is 34.3 Å². The molecule has 1 saturated heterocycles. The molecule has 0 radical (unpaired) electrons. The zero-order valence-electron chi connectivity index (χ0n) is 10.5. The molecule has 0 saturated carbocycles. The van der Waals surface area contributed by atoms with Gasteiger partial charge in [0, 0.05) is 30.3 Å². The topological polar surface area (TPSA) is 40.5 Å². The summed E-state index contributed by atoms with van der Waals surface area (Å²) in [5.74, 6) is 0.510. The number of carbonyl (C=O) groups excluding carboxylic acids is 1. The Morgan fingerprint density at radius 1 is 1.56 bits per heavy atom. The van der Waals surface area contributed by atoms with Crippen molar-refractivity contribution in [3.63, 3.8) is 0 Å². The minimum absolute atomic E-state index is 0.0737. The van der Waals surface area contributed by atoms with Gasteiger partial charge < -0.3 is 10.0 Å². The van der Waals surface area contributed by atoms with Crippen LogP contribution >= 0.6 is 11.6 Å². The smallest absolute Gasteiger partial charge is 0.254 e. The fraction of sp³-hybridized carbons (Fsp3) is 0.500. The molecule has 1 heterocycles. The van der Waals surface area contributed by atoms with Crippen LogP contribution in [0, 0.1) is 12.8 Å². The van der Waals surface area contributed by atoms with Crippen molar-refractivity contribution in [2.45, 2.75) is 19.8 Å². The Kier molecular flexibility index (Phi) is 4.25. The van der Waals surface area contributed by atoms with Crippen LogP contribution in [0.5, 0.6) is 0 Å². The minimum atomic E-state index is 0.0737. The number of hydrogen-bond donors (Lipinski definition) is 1. The standard InChI is InChI=1S/C14H18ClNO2/c1-10-8-12(15)2-3-13(10)14(18)16-6-4-11(9-16)5-7-17/h2-3,8,11,17H,4-7,9H2,1H3. The van der Waals surface area contributed by atoms with E-state index in [4.69, 9.17) is 16.7 Å². The summed E-state index contributed by atoms with van der Waals surface area (Å²) in [7, 11) is 0. The highest BCUT2D eigenvalue weighted by Crippen LogP contribution is 2.23. The van der Waals surface area contributed by atoms with Crippen LogP contribution in [-0.4, -0.2) is 35.6 Å². The Hall–Kier alpha value is -1.06. The number of hydrogen-bond acceptors (Lipinski definition) is 2. The zero-order valence-corrected chi connectivity index (χ0v) is 11.3. The molecular formula is C14H18ClNO2. The van der Waals surface area contributed by atoms with E-state index >= 15 is 0 Å². The van der Waals surface area contributed by atoms with E-state index in [1.165, 1.54) is 0 Å². The number of halogens is 1. The van der Waals surface area contributed by atoms with Gasteiger partial charge in [0.15, 0.2) is 0 Å². The fourth-order valence-electron chi connectivity index (χ4n) is 2.47. The second-order valence-electron chi connectivity index (χ2n) is 4.88. The van der Waals surface area contributed by atoms with E-state index < -0.39 is 0 Å². The summed E-state index contributed by atoms with van der Waals surface area (Å²) in [6.07, 6.45) is 1.77. The van der Waals surface area contributed by atoms with Crippen molar-refractivity contribution < 1.29 is 9.90 Å². The fourth-order valence-corrected chi connectivity index (χ4v) is 2.70. The average molecular weight is 268 g/mol. The lowest BCUT2D eigenvalue weighted by atomic mass is 10.1. The molecule has 1 atom stereocenters. The molecular weight excluding hydrogens is 250 g/mol. The van der Waals surface area contributed by atoms with Gasteiger partial charge in [-0.3, -0.25) is 4.79 Å². The molecule has 1 fully saturated rings. The van der Waals surface area contributed by atoms with Crippen LogP contribution in [0.3, 0.4) is 0 Å². The molecule has 98 valence electrons. The highest BCUT2D eigenvalue weighted by atomic mass is 35.5. The SMILES string of the molecule is Cc1cc(Cl)ccc1C(=O)N1CCC(CCO)C1. The Labute approximate surface area is 112 Å². The third-order valence-electron chi connectivity index (χ3n) is 3.53. The summed E-state index contributed by atoms with van der Waals surface area (Å²) in [5, 5.41) is 9.58. The summed E-state index contributed by atoms with van der Waals surface area (Å²) in [4.78, 5) is 14.2.